The van der Waals surface area contributed by atoms with Crippen LogP contribution in [0, 0.1) is 0 Å². The highest BCUT2D eigenvalue weighted by molar-refractivity contribution is 6.68. The molecule has 3 heteroatoms. The van der Waals surface area contributed by atoms with E-state index in [9.17, 15) is 0 Å². The molecule has 0 aliphatic heterocycles. The zero-order chi connectivity index (χ0) is 9.52. The summed E-state index contributed by atoms with van der Waals surface area (Å²) in [4.78, 5) is 7.06. The predicted octanol–water partition coefficient (Wildman–Crippen LogP) is 0.333. The Morgan fingerprint density at radius 1 is 1.00 bits per heavy atom. The van der Waals surface area contributed by atoms with Crippen molar-refractivity contribution in [2.24, 2.45) is 0 Å². The van der Waals surface area contributed by atoms with Crippen LogP contribution in [0.1, 0.15) is 13.8 Å². The van der Waals surface area contributed by atoms with Gasteiger partial charge in [0.05, 0.1) is 0 Å². The van der Waals surface area contributed by atoms with Gasteiger partial charge in [-0.1, -0.05) is 44.2 Å². The van der Waals surface area contributed by atoms with Crippen molar-refractivity contribution in [1.82, 2.24) is 9.96 Å². The summed E-state index contributed by atoms with van der Waals surface area (Å²) >= 11 is 0. The van der Waals surface area contributed by atoms with Gasteiger partial charge in [-0.15, -0.1) is 0 Å². The van der Waals surface area contributed by atoms with Gasteiger partial charge >= 0.3 is 0 Å². The fourth-order valence-corrected chi connectivity index (χ4v) is 3.40. The van der Waals surface area contributed by atoms with Gasteiger partial charge in [0.25, 0.3) is 0 Å². The van der Waals surface area contributed by atoms with Crippen molar-refractivity contribution in [1.29, 1.82) is 0 Å². The van der Waals surface area contributed by atoms with Crippen molar-refractivity contribution in [3.05, 3.63) is 30.3 Å². The van der Waals surface area contributed by atoms with Crippen LogP contribution in [0.15, 0.2) is 30.3 Å². The fourth-order valence-electron chi connectivity index (χ4n) is 1.36. The third-order valence-corrected chi connectivity index (χ3v) is 4.63. The molecule has 0 amide bonds. The molecule has 0 aliphatic rings. The van der Waals surface area contributed by atoms with E-state index in [1.165, 1.54) is 5.19 Å². The molecule has 13 heavy (non-hydrogen) atoms. The summed E-state index contributed by atoms with van der Waals surface area (Å²) in [7, 11) is -1.09. The summed E-state index contributed by atoms with van der Waals surface area (Å²) < 4.78 is 0. The first-order chi connectivity index (χ1) is 6.38. The Kier molecular flexibility index (Phi) is 4.75. The molecule has 0 atom stereocenters. The van der Waals surface area contributed by atoms with Gasteiger partial charge in [0, 0.05) is 0 Å². The Morgan fingerprint density at radius 3 is 2.00 bits per heavy atom. The third-order valence-electron chi connectivity index (χ3n) is 1.95. The summed E-state index contributed by atoms with van der Waals surface area (Å²) in [6.07, 6.45) is 0. The molecule has 0 unspecified atom stereocenters. The van der Waals surface area contributed by atoms with E-state index >= 15 is 0 Å². The Morgan fingerprint density at radius 2 is 1.54 bits per heavy atom. The minimum atomic E-state index is -1.09. The van der Waals surface area contributed by atoms with Gasteiger partial charge in [0.1, 0.15) is 0 Å². The smallest absolute Gasteiger partial charge is 0.217 e. The number of benzene rings is 1. The normalized spacial score (nSPS) is 10.7. The summed E-state index contributed by atoms with van der Waals surface area (Å²) in [5, 5.41) is 1.44. The fraction of sp³-hybridized carbons (Fsp3) is 0.400. The Hall–Kier alpha value is -0.643. The molecule has 1 aromatic carbocycles. The molecule has 1 rings (SSSR count). The van der Waals surface area contributed by atoms with Gasteiger partial charge < -0.3 is 9.96 Å². The Balaban J connectivity index is 2.64. The van der Waals surface area contributed by atoms with E-state index < -0.39 is 9.12 Å². The zero-order valence-electron chi connectivity index (χ0n) is 8.38. The quantitative estimate of drug-likeness (QED) is 0.660. The lowest BCUT2D eigenvalue weighted by molar-refractivity contribution is 0.906. The first-order valence-electron chi connectivity index (χ1n) is 4.90. The summed E-state index contributed by atoms with van der Waals surface area (Å²) in [6.45, 7) is 6.39. The first-order valence-corrected chi connectivity index (χ1v) is 6.63. The molecule has 0 saturated carbocycles. The lowest BCUT2D eigenvalue weighted by atomic mass is 10.4. The van der Waals surface area contributed by atoms with E-state index in [-0.39, 0.29) is 0 Å². The molecule has 0 saturated heterocycles. The SMILES string of the molecule is CCN[SiH](NCC)c1ccccc1. The van der Waals surface area contributed by atoms with Crippen LogP contribution in [0.25, 0.3) is 0 Å². The van der Waals surface area contributed by atoms with Crippen molar-refractivity contribution in [2.75, 3.05) is 13.1 Å². The van der Waals surface area contributed by atoms with Crippen LogP contribution in [-0.4, -0.2) is 22.2 Å². The van der Waals surface area contributed by atoms with E-state index in [1.54, 1.807) is 0 Å². The van der Waals surface area contributed by atoms with Crippen LogP contribution < -0.4 is 15.2 Å². The van der Waals surface area contributed by atoms with Gasteiger partial charge in [-0.2, -0.15) is 0 Å². The Bertz CT molecular complexity index is 220. The van der Waals surface area contributed by atoms with Crippen LogP contribution in [-0.2, 0) is 0 Å². The molecule has 2 N–H and O–H groups in total. The average Bonchev–Trinajstić information content (AvgIpc) is 2.19. The maximum Gasteiger partial charge on any atom is 0.217 e. The Labute approximate surface area is 82.1 Å². The first kappa shape index (κ1) is 10.4. The van der Waals surface area contributed by atoms with Gasteiger partial charge in [-0.25, -0.2) is 0 Å². The number of nitrogens with one attached hydrogen (secondary N) is 2. The standard InChI is InChI=1S/C10H18N2Si/c1-3-11-13(12-4-2)10-8-6-5-7-9-10/h5-9,11-13H,3-4H2,1-2H3. The second kappa shape index (κ2) is 5.91. The van der Waals surface area contributed by atoms with Crippen molar-refractivity contribution in [2.45, 2.75) is 13.8 Å². The molecule has 0 aliphatic carbocycles. The van der Waals surface area contributed by atoms with Crippen molar-refractivity contribution >= 4 is 14.3 Å². The third kappa shape index (κ3) is 3.30. The number of hydrogen-bond donors (Lipinski definition) is 2. The molecule has 0 heterocycles. The van der Waals surface area contributed by atoms with E-state index in [1.807, 2.05) is 0 Å². The molecule has 72 valence electrons. The van der Waals surface area contributed by atoms with Gasteiger partial charge in [0.2, 0.25) is 9.12 Å². The van der Waals surface area contributed by atoms with E-state index in [0.717, 1.165) is 13.1 Å². The number of rotatable bonds is 5. The maximum absolute atomic E-state index is 3.53. The van der Waals surface area contributed by atoms with Gasteiger partial charge in [0.15, 0.2) is 0 Å². The predicted molar refractivity (Wildman–Crippen MR) is 60.6 cm³/mol. The topological polar surface area (TPSA) is 24.1 Å². The molecule has 0 fully saturated rings. The van der Waals surface area contributed by atoms with Gasteiger partial charge in [-0.05, 0) is 18.3 Å². The minimum absolute atomic E-state index is 1.04. The zero-order valence-corrected chi connectivity index (χ0v) is 9.53. The highest BCUT2D eigenvalue weighted by Crippen LogP contribution is 1.83. The second-order valence-corrected chi connectivity index (χ2v) is 5.31. The van der Waals surface area contributed by atoms with Crippen molar-refractivity contribution < 1.29 is 0 Å². The molecule has 0 aromatic heterocycles. The van der Waals surface area contributed by atoms with Crippen LogP contribution in [0.5, 0.6) is 0 Å². The molecule has 1 aromatic rings. The molecule has 0 spiro atoms. The highest BCUT2D eigenvalue weighted by atomic mass is 28.3. The lowest BCUT2D eigenvalue weighted by Crippen LogP contribution is -2.55. The van der Waals surface area contributed by atoms with E-state index in [4.69, 9.17) is 0 Å². The molecule has 2 nitrogen and oxygen atoms in total. The molecule has 0 radical (unpaired) electrons. The van der Waals surface area contributed by atoms with E-state index in [2.05, 4.69) is 54.1 Å². The monoisotopic (exact) mass is 194 g/mol. The molecule has 0 bridgehead atoms. The molecular formula is C10H18N2Si. The summed E-state index contributed by atoms with van der Waals surface area (Å²) in [6, 6.07) is 10.7. The maximum atomic E-state index is 3.53. The van der Waals surface area contributed by atoms with Crippen LogP contribution in [0.3, 0.4) is 0 Å². The largest absolute Gasteiger partial charge is 0.325 e. The van der Waals surface area contributed by atoms with Crippen LogP contribution in [0.2, 0.25) is 0 Å². The summed E-state index contributed by atoms with van der Waals surface area (Å²) in [5.74, 6) is 0. The van der Waals surface area contributed by atoms with Crippen LogP contribution >= 0.6 is 0 Å². The average molecular weight is 194 g/mol. The summed E-state index contributed by atoms with van der Waals surface area (Å²) in [5.41, 5.74) is 0. The van der Waals surface area contributed by atoms with Crippen molar-refractivity contribution in [3.63, 3.8) is 0 Å². The molecular weight excluding hydrogens is 176 g/mol. The van der Waals surface area contributed by atoms with Gasteiger partial charge in [-0.3, -0.25) is 0 Å². The van der Waals surface area contributed by atoms with Crippen molar-refractivity contribution in [3.8, 4) is 0 Å². The lowest BCUT2D eigenvalue weighted by Gasteiger charge is -2.16. The van der Waals surface area contributed by atoms with E-state index in [0.29, 0.717) is 0 Å². The second-order valence-electron chi connectivity index (χ2n) is 2.96. The number of hydrogen-bond acceptors (Lipinski definition) is 2. The highest BCUT2D eigenvalue weighted by Gasteiger charge is 2.09. The van der Waals surface area contributed by atoms with Crippen LogP contribution in [0.4, 0.5) is 0 Å². The minimum Gasteiger partial charge on any atom is -0.325 e.